The van der Waals surface area contributed by atoms with E-state index in [1.54, 1.807) is 35.3 Å². The number of amides is 1. The minimum Gasteiger partial charge on any atom is -0.355 e. The van der Waals surface area contributed by atoms with E-state index in [9.17, 15) is 4.79 Å². The summed E-state index contributed by atoms with van der Waals surface area (Å²) < 4.78 is 1.80. The van der Waals surface area contributed by atoms with E-state index in [2.05, 4.69) is 20.3 Å². The number of aryl methyl sites for hydroxylation is 1. The van der Waals surface area contributed by atoms with Crippen molar-refractivity contribution in [3.05, 3.63) is 36.3 Å². The zero-order valence-electron chi connectivity index (χ0n) is 13.3. The highest BCUT2D eigenvalue weighted by atomic mass is 16.1. The Morgan fingerprint density at radius 2 is 2.22 bits per heavy atom. The third-order valence-electron chi connectivity index (χ3n) is 4.13. The number of hydrogen-bond donors (Lipinski definition) is 2. The molecule has 1 atom stereocenters. The van der Waals surface area contributed by atoms with E-state index >= 15 is 0 Å². The summed E-state index contributed by atoms with van der Waals surface area (Å²) in [6.45, 7) is 1.78. The molecule has 0 aromatic carbocycles. The average molecular weight is 314 g/mol. The van der Waals surface area contributed by atoms with Crippen molar-refractivity contribution in [3.63, 3.8) is 0 Å². The third-order valence-corrected chi connectivity index (χ3v) is 4.13. The minimum atomic E-state index is -0.230. The quantitative estimate of drug-likeness (QED) is 0.893. The number of pyridine rings is 1. The first kappa shape index (κ1) is 15.5. The molecule has 122 valence electrons. The number of nitrogens with one attached hydrogen (secondary N) is 1. The van der Waals surface area contributed by atoms with Gasteiger partial charge in [0, 0.05) is 32.4 Å². The maximum Gasteiger partial charge on any atom is 0.274 e. The normalized spacial score (nSPS) is 18.5. The number of hydrogen-bond acceptors (Lipinski definition) is 5. The van der Waals surface area contributed by atoms with Gasteiger partial charge in [-0.1, -0.05) is 6.07 Å². The van der Waals surface area contributed by atoms with Crippen molar-refractivity contribution in [1.82, 2.24) is 14.8 Å². The number of anilines is 2. The second kappa shape index (κ2) is 6.78. The van der Waals surface area contributed by atoms with Gasteiger partial charge in [-0.05, 0) is 31.4 Å². The number of carbonyl (C=O) groups is 1. The van der Waals surface area contributed by atoms with Crippen LogP contribution in [0.15, 0.2) is 30.6 Å². The highest BCUT2D eigenvalue weighted by Gasteiger charge is 2.21. The Labute approximate surface area is 135 Å². The lowest BCUT2D eigenvalue weighted by Crippen LogP contribution is -2.29. The summed E-state index contributed by atoms with van der Waals surface area (Å²) in [5, 5.41) is 7.22. The molecular weight excluding hydrogens is 292 g/mol. The van der Waals surface area contributed by atoms with E-state index in [1.807, 2.05) is 7.05 Å². The summed E-state index contributed by atoms with van der Waals surface area (Å²) >= 11 is 0. The van der Waals surface area contributed by atoms with Crippen molar-refractivity contribution < 1.29 is 4.79 Å². The molecule has 7 nitrogen and oxygen atoms in total. The second-order valence-electron chi connectivity index (χ2n) is 5.85. The van der Waals surface area contributed by atoms with Gasteiger partial charge in [0.2, 0.25) is 0 Å². The lowest BCUT2D eigenvalue weighted by molar-refractivity contribution is 0.102. The van der Waals surface area contributed by atoms with Crippen LogP contribution in [-0.2, 0) is 7.05 Å². The fourth-order valence-electron chi connectivity index (χ4n) is 2.91. The molecule has 0 bridgehead atoms. The van der Waals surface area contributed by atoms with Gasteiger partial charge >= 0.3 is 0 Å². The minimum absolute atomic E-state index is 0.230. The fraction of sp³-hybridized carbons (Fsp3) is 0.438. The molecule has 1 amide bonds. The number of carbonyl (C=O) groups excluding carboxylic acids is 1. The number of nitrogens with two attached hydrogens (primary N) is 1. The molecular formula is C16H22N6O. The Morgan fingerprint density at radius 3 is 3.00 bits per heavy atom. The van der Waals surface area contributed by atoms with Crippen molar-refractivity contribution >= 4 is 17.4 Å². The highest BCUT2D eigenvalue weighted by molar-refractivity contribution is 6.04. The van der Waals surface area contributed by atoms with E-state index in [-0.39, 0.29) is 11.9 Å². The monoisotopic (exact) mass is 314 g/mol. The van der Waals surface area contributed by atoms with Gasteiger partial charge in [-0.2, -0.15) is 5.10 Å². The van der Waals surface area contributed by atoms with Gasteiger partial charge < -0.3 is 16.0 Å². The summed E-state index contributed by atoms with van der Waals surface area (Å²) in [7, 11) is 1.89. The molecule has 0 radical (unpaired) electrons. The molecule has 2 aromatic rings. The van der Waals surface area contributed by atoms with E-state index in [1.165, 1.54) is 0 Å². The van der Waals surface area contributed by atoms with Crippen molar-refractivity contribution in [3.8, 4) is 0 Å². The molecule has 2 aromatic heterocycles. The summed E-state index contributed by atoms with van der Waals surface area (Å²) in [4.78, 5) is 18.7. The molecule has 0 aliphatic carbocycles. The Morgan fingerprint density at radius 1 is 1.35 bits per heavy atom. The van der Waals surface area contributed by atoms with Crippen LogP contribution in [0.4, 0.5) is 11.5 Å². The number of rotatable bonds is 3. The molecule has 3 rings (SSSR count). The molecule has 1 unspecified atom stereocenters. The maximum absolute atomic E-state index is 12.3. The summed E-state index contributed by atoms with van der Waals surface area (Å²) in [6, 6.07) is 5.52. The van der Waals surface area contributed by atoms with E-state index in [0.717, 1.165) is 38.2 Å². The Bertz CT molecular complexity index is 668. The first-order valence-corrected chi connectivity index (χ1v) is 7.90. The van der Waals surface area contributed by atoms with Crippen molar-refractivity contribution in [2.24, 2.45) is 12.8 Å². The standard InChI is InChI=1S/C16H22N6O/c1-21-16(22-9-4-5-12(17)7-10-22)14(11-19-21)20-15(23)13-6-2-3-8-18-13/h2-3,6,8,11-12H,4-5,7,9-10,17H2,1H3,(H,20,23). The van der Waals surface area contributed by atoms with Crippen LogP contribution in [0.5, 0.6) is 0 Å². The van der Waals surface area contributed by atoms with Crippen LogP contribution in [0.3, 0.4) is 0 Å². The first-order chi connectivity index (χ1) is 11.1. The largest absolute Gasteiger partial charge is 0.355 e. The van der Waals surface area contributed by atoms with Crippen LogP contribution in [0.1, 0.15) is 29.8 Å². The van der Waals surface area contributed by atoms with Gasteiger partial charge in [-0.3, -0.25) is 14.5 Å². The summed E-state index contributed by atoms with van der Waals surface area (Å²) in [5.41, 5.74) is 7.15. The highest BCUT2D eigenvalue weighted by Crippen LogP contribution is 2.27. The smallest absolute Gasteiger partial charge is 0.274 e. The molecule has 1 fully saturated rings. The van der Waals surface area contributed by atoms with Crippen molar-refractivity contribution in [1.29, 1.82) is 0 Å². The van der Waals surface area contributed by atoms with Gasteiger partial charge in [0.15, 0.2) is 5.82 Å². The Hall–Kier alpha value is -2.41. The van der Waals surface area contributed by atoms with E-state index < -0.39 is 0 Å². The molecule has 1 saturated heterocycles. The molecule has 1 aliphatic rings. The molecule has 3 heterocycles. The Kier molecular flexibility index (Phi) is 4.57. The topological polar surface area (TPSA) is 89.1 Å². The van der Waals surface area contributed by atoms with Crippen LogP contribution in [0.2, 0.25) is 0 Å². The van der Waals surface area contributed by atoms with Gasteiger partial charge in [0.25, 0.3) is 5.91 Å². The number of nitrogens with zero attached hydrogens (tertiary/aromatic N) is 4. The van der Waals surface area contributed by atoms with Crippen LogP contribution in [0, 0.1) is 0 Å². The summed E-state index contributed by atoms with van der Waals surface area (Å²) in [5.74, 6) is 0.690. The molecule has 0 spiro atoms. The first-order valence-electron chi connectivity index (χ1n) is 7.90. The van der Waals surface area contributed by atoms with Crippen LogP contribution >= 0.6 is 0 Å². The van der Waals surface area contributed by atoms with Crippen LogP contribution in [0.25, 0.3) is 0 Å². The molecule has 1 aliphatic heterocycles. The zero-order chi connectivity index (χ0) is 16.2. The second-order valence-corrected chi connectivity index (χ2v) is 5.85. The zero-order valence-corrected chi connectivity index (χ0v) is 13.3. The number of aromatic nitrogens is 3. The van der Waals surface area contributed by atoms with E-state index in [4.69, 9.17) is 5.73 Å². The summed E-state index contributed by atoms with van der Waals surface area (Å²) in [6.07, 6.45) is 6.30. The maximum atomic E-state index is 12.3. The third kappa shape index (κ3) is 3.50. The average Bonchev–Trinajstić information content (AvgIpc) is 2.78. The lowest BCUT2D eigenvalue weighted by Gasteiger charge is -2.24. The lowest BCUT2D eigenvalue weighted by atomic mass is 10.1. The predicted octanol–water partition coefficient (Wildman–Crippen LogP) is 1.39. The Balaban J connectivity index is 1.80. The predicted molar refractivity (Wildman–Crippen MR) is 89.4 cm³/mol. The molecule has 3 N–H and O–H groups in total. The van der Waals surface area contributed by atoms with Gasteiger partial charge in [-0.25, -0.2) is 0 Å². The van der Waals surface area contributed by atoms with Crippen molar-refractivity contribution in [2.75, 3.05) is 23.3 Å². The van der Waals surface area contributed by atoms with Crippen LogP contribution < -0.4 is 16.0 Å². The van der Waals surface area contributed by atoms with Gasteiger partial charge in [-0.15, -0.1) is 0 Å². The van der Waals surface area contributed by atoms with Crippen molar-refractivity contribution in [2.45, 2.75) is 25.3 Å². The van der Waals surface area contributed by atoms with E-state index in [0.29, 0.717) is 11.4 Å². The fourth-order valence-corrected chi connectivity index (χ4v) is 2.91. The molecule has 23 heavy (non-hydrogen) atoms. The van der Waals surface area contributed by atoms with Gasteiger partial charge in [0.1, 0.15) is 11.4 Å². The van der Waals surface area contributed by atoms with Gasteiger partial charge in [0.05, 0.1) is 6.20 Å². The molecule has 7 heteroatoms. The van der Waals surface area contributed by atoms with Crippen LogP contribution in [-0.4, -0.2) is 39.8 Å². The molecule has 0 saturated carbocycles. The SMILES string of the molecule is Cn1ncc(NC(=O)c2ccccn2)c1N1CCCC(N)CC1.